The van der Waals surface area contributed by atoms with Gasteiger partial charge in [0.1, 0.15) is 18.3 Å². The molecule has 1 saturated carbocycles. The van der Waals surface area contributed by atoms with Gasteiger partial charge in [-0.05, 0) is 82.2 Å². The summed E-state index contributed by atoms with van der Waals surface area (Å²) in [4.78, 5) is 10.4. The van der Waals surface area contributed by atoms with Gasteiger partial charge in [-0.3, -0.25) is 4.99 Å². The van der Waals surface area contributed by atoms with Crippen LogP contribution in [0.4, 0.5) is 0 Å². The Kier molecular flexibility index (Phi) is 10.6. The van der Waals surface area contributed by atoms with Crippen molar-refractivity contribution in [3.63, 3.8) is 0 Å². The summed E-state index contributed by atoms with van der Waals surface area (Å²) in [5.41, 5.74) is 12.4. The predicted molar refractivity (Wildman–Crippen MR) is 239 cm³/mol. The van der Waals surface area contributed by atoms with Gasteiger partial charge in [0.15, 0.2) is 0 Å². The molecule has 0 spiro atoms. The normalized spacial score (nSPS) is 18.9. The second kappa shape index (κ2) is 15.1. The molecule has 0 N–H and O–H groups in total. The Morgan fingerprint density at radius 1 is 0.847 bits per heavy atom. The van der Waals surface area contributed by atoms with Crippen LogP contribution in [0.3, 0.4) is 0 Å². The summed E-state index contributed by atoms with van der Waals surface area (Å²) in [6.45, 7) is 25.7. The van der Waals surface area contributed by atoms with E-state index in [1.165, 1.54) is 76.4 Å². The number of pyridine rings is 1. The SMILES string of the molecule is Cc1cc2c3cc(C(C)(C)C)cc4c3n(c2[c-]c1Oc1[c-]c(C2=N[C@](C)(C3CCCCC3)CO2)cc(-c2c(C(C)C)cccc2C(C)C)c1)-c1ncccc1C4(C)C.[Pt+2]. The van der Waals surface area contributed by atoms with Crippen molar-refractivity contribution in [2.75, 3.05) is 6.61 Å². The Bertz CT molecular complexity index is 2610. The van der Waals surface area contributed by atoms with Crippen molar-refractivity contribution in [2.24, 2.45) is 10.9 Å². The average molecular weight is 965 g/mol. The zero-order chi connectivity index (χ0) is 40.9. The number of aryl methyl sites for hydroxylation is 1. The van der Waals surface area contributed by atoms with Crippen molar-refractivity contribution in [2.45, 2.75) is 136 Å². The minimum Gasteiger partial charge on any atom is -0.518 e. The maximum Gasteiger partial charge on any atom is 2.00 e. The minimum atomic E-state index is -0.238. The number of hydrogen-bond acceptors (Lipinski definition) is 4. The van der Waals surface area contributed by atoms with Gasteiger partial charge in [0.2, 0.25) is 0 Å². The summed E-state index contributed by atoms with van der Waals surface area (Å²) < 4.78 is 15.9. The Labute approximate surface area is 366 Å². The maximum absolute atomic E-state index is 7.04. The first-order valence-corrected chi connectivity index (χ1v) is 21.7. The first kappa shape index (κ1) is 41.5. The van der Waals surface area contributed by atoms with E-state index in [2.05, 4.69) is 154 Å². The number of fused-ring (bicyclic) bond motifs is 5. The van der Waals surface area contributed by atoms with Crippen molar-refractivity contribution in [1.82, 2.24) is 9.55 Å². The Hall–Kier alpha value is -4.21. The van der Waals surface area contributed by atoms with E-state index >= 15 is 0 Å². The maximum atomic E-state index is 7.04. The zero-order valence-corrected chi connectivity index (χ0v) is 39.1. The summed E-state index contributed by atoms with van der Waals surface area (Å²) in [7, 11) is 0. The Morgan fingerprint density at radius 3 is 2.24 bits per heavy atom. The van der Waals surface area contributed by atoms with E-state index in [9.17, 15) is 0 Å². The van der Waals surface area contributed by atoms with Crippen molar-refractivity contribution in [3.05, 3.63) is 118 Å². The van der Waals surface area contributed by atoms with Crippen LogP contribution in [0.5, 0.6) is 11.5 Å². The van der Waals surface area contributed by atoms with E-state index in [1.807, 2.05) is 6.20 Å². The molecule has 308 valence electrons. The molecule has 5 nitrogen and oxygen atoms in total. The van der Waals surface area contributed by atoms with Crippen molar-refractivity contribution >= 4 is 27.7 Å². The van der Waals surface area contributed by atoms with Crippen LogP contribution in [0.15, 0.2) is 71.9 Å². The third-order valence-electron chi connectivity index (χ3n) is 13.6. The summed E-state index contributed by atoms with van der Waals surface area (Å²) in [6, 6.07) is 30.0. The molecule has 0 radical (unpaired) electrons. The second-order valence-corrected chi connectivity index (χ2v) is 19.8. The molecule has 6 heteroatoms. The van der Waals surface area contributed by atoms with Crippen LogP contribution in [0.1, 0.15) is 152 Å². The molecule has 0 bridgehead atoms. The van der Waals surface area contributed by atoms with E-state index in [-0.39, 0.29) is 37.4 Å². The number of aliphatic imine (C=N–C) groups is 1. The van der Waals surface area contributed by atoms with Crippen LogP contribution in [-0.4, -0.2) is 27.6 Å². The van der Waals surface area contributed by atoms with E-state index < -0.39 is 0 Å². The van der Waals surface area contributed by atoms with Gasteiger partial charge in [-0.25, -0.2) is 4.98 Å². The molecule has 4 heterocycles. The van der Waals surface area contributed by atoms with E-state index in [0.717, 1.165) is 33.4 Å². The number of hydrogen-bond donors (Lipinski definition) is 0. The number of benzene rings is 4. The topological polar surface area (TPSA) is 48.6 Å². The largest absolute Gasteiger partial charge is 2.00 e. The summed E-state index contributed by atoms with van der Waals surface area (Å²) in [5.74, 6) is 4.12. The third-order valence-corrected chi connectivity index (χ3v) is 13.6. The average Bonchev–Trinajstić information content (AvgIpc) is 3.75. The molecule has 2 aromatic heterocycles. The quantitative estimate of drug-likeness (QED) is 0.150. The Morgan fingerprint density at radius 2 is 1.56 bits per heavy atom. The van der Waals surface area contributed by atoms with Gasteiger partial charge in [0, 0.05) is 34.2 Å². The van der Waals surface area contributed by atoms with Gasteiger partial charge < -0.3 is 14.0 Å². The second-order valence-electron chi connectivity index (χ2n) is 19.8. The first-order valence-electron chi connectivity index (χ1n) is 21.7. The molecule has 0 saturated heterocycles. The molecule has 3 aliphatic rings. The number of rotatable bonds is 7. The Balaban J connectivity index is 0.00000484. The fourth-order valence-electron chi connectivity index (χ4n) is 10.1. The van der Waals surface area contributed by atoms with Crippen LogP contribution >= 0.6 is 0 Å². The van der Waals surface area contributed by atoms with Crippen molar-refractivity contribution in [3.8, 4) is 28.4 Å². The van der Waals surface area contributed by atoms with E-state index in [1.54, 1.807) is 0 Å². The standard InChI is InChI=1S/C53H59N3O2.Pt/c1-31(2)39-19-15-20-40(32(3)4)47(39)34-24-35(50-55-53(11,30-57-50)36-17-13-12-14-18-36)26-38(25-34)58-46-29-45-41(23-33(46)5)42-27-37(51(6,7)8)28-44-48(42)56(45)49-43(52(44,9)10)21-16-22-54-49;/h15-16,19-25,27-28,31-32,36H,12-14,17-18,30H2,1-11H3;/q-2;+2/t53-;/m0./s1. The van der Waals surface area contributed by atoms with Crippen LogP contribution in [0.25, 0.3) is 38.8 Å². The molecule has 1 atom stereocenters. The molecule has 2 aliphatic heterocycles. The van der Waals surface area contributed by atoms with Crippen LogP contribution in [0.2, 0.25) is 0 Å². The molecule has 0 unspecified atom stereocenters. The molecule has 9 rings (SSSR count). The molecule has 1 aliphatic carbocycles. The molecular weight excluding hydrogens is 906 g/mol. The van der Waals surface area contributed by atoms with Crippen molar-refractivity contribution < 1.29 is 30.5 Å². The van der Waals surface area contributed by atoms with Crippen molar-refractivity contribution in [1.29, 1.82) is 0 Å². The van der Waals surface area contributed by atoms with Crippen LogP contribution in [0, 0.1) is 25.0 Å². The van der Waals surface area contributed by atoms with Gasteiger partial charge in [-0.15, -0.1) is 23.1 Å². The van der Waals surface area contributed by atoms with Gasteiger partial charge in [-0.1, -0.05) is 154 Å². The fourth-order valence-corrected chi connectivity index (χ4v) is 10.1. The van der Waals surface area contributed by atoms with Crippen LogP contribution in [-0.2, 0) is 36.6 Å². The fraction of sp³-hybridized carbons (Fsp3) is 0.434. The predicted octanol–water partition coefficient (Wildman–Crippen LogP) is 13.8. The van der Waals surface area contributed by atoms with E-state index in [4.69, 9.17) is 19.5 Å². The molecule has 6 aromatic rings. The van der Waals surface area contributed by atoms with E-state index in [0.29, 0.717) is 41.8 Å². The molecule has 0 amide bonds. The summed E-state index contributed by atoms with van der Waals surface area (Å²) >= 11 is 0. The zero-order valence-electron chi connectivity index (χ0n) is 36.8. The third kappa shape index (κ3) is 6.98. The molecular formula is C53H59N3O2Pt. The number of aromatic nitrogens is 2. The number of nitrogens with zero attached hydrogens (tertiary/aromatic N) is 3. The molecule has 4 aromatic carbocycles. The van der Waals surface area contributed by atoms with Gasteiger partial charge in [0.25, 0.3) is 0 Å². The smallest absolute Gasteiger partial charge is 0.518 e. The number of ether oxygens (including phenoxy) is 2. The molecule has 1 fully saturated rings. The van der Waals surface area contributed by atoms with Gasteiger partial charge >= 0.3 is 21.1 Å². The monoisotopic (exact) mass is 964 g/mol. The minimum absolute atomic E-state index is 0. The summed E-state index contributed by atoms with van der Waals surface area (Å²) in [5, 5.41) is 2.38. The first-order chi connectivity index (χ1) is 27.5. The molecule has 59 heavy (non-hydrogen) atoms. The van der Waals surface area contributed by atoms with Gasteiger partial charge in [-0.2, -0.15) is 6.07 Å². The van der Waals surface area contributed by atoms with Gasteiger partial charge in [0.05, 0.1) is 5.54 Å². The summed E-state index contributed by atoms with van der Waals surface area (Å²) in [6.07, 6.45) is 8.18. The van der Waals surface area contributed by atoms with Crippen LogP contribution < -0.4 is 4.74 Å².